The van der Waals surface area contributed by atoms with Gasteiger partial charge in [0, 0.05) is 0 Å². The molecule has 0 fully saturated rings. The summed E-state index contributed by atoms with van der Waals surface area (Å²) < 4.78 is 21.5. The summed E-state index contributed by atoms with van der Waals surface area (Å²) in [4.78, 5) is 23.7. The number of rotatable bonds is 11. The lowest BCUT2D eigenvalue weighted by Gasteiger charge is -2.19. The Balaban J connectivity index is 2.12. The fourth-order valence-electron chi connectivity index (χ4n) is 2.72. The molecule has 0 aliphatic carbocycles. The highest BCUT2D eigenvalue weighted by Crippen LogP contribution is 2.31. The number of hydrogen-bond donors (Lipinski definition) is 2. The third-order valence-electron chi connectivity index (χ3n) is 4.03. The van der Waals surface area contributed by atoms with Crippen molar-refractivity contribution < 1.29 is 33.6 Å². The Bertz CT molecular complexity index is 838. The Morgan fingerprint density at radius 2 is 1.62 bits per heavy atom. The van der Waals surface area contributed by atoms with Crippen LogP contribution in [0.1, 0.15) is 24.9 Å². The van der Waals surface area contributed by atoms with Crippen LogP contribution in [0.5, 0.6) is 23.0 Å². The van der Waals surface area contributed by atoms with E-state index in [4.69, 9.17) is 18.9 Å². The second kappa shape index (κ2) is 10.8. The molecule has 0 saturated carbocycles. The lowest BCUT2D eigenvalue weighted by atomic mass is 10.0. The maximum atomic E-state index is 12.4. The van der Waals surface area contributed by atoms with Crippen LogP contribution < -0.4 is 24.3 Å². The first-order chi connectivity index (χ1) is 14.0. The molecule has 29 heavy (non-hydrogen) atoms. The van der Waals surface area contributed by atoms with Gasteiger partial charge in [0.15, 0.2) is 29.6 Å². The first-order valence-electron chi connectivity index (χ1n) is 9.06. The van der Waals surface area contributed by atoms with Gasteiger partial charge in [0.1, 0.15) is 0 Å². The van der Waals surface area contributed by atoms with Gasteiger partial charge in [-0.2, -0.15) is 0 Å². The molecule has 2 N–H and O–H groups in total. The van der Waals surface area contributed by atoms with Gasteiger partial charge in [0.25, 0.3) is 5.91 Å². The standard InChI is InChI=1S/C21H25NO7/c1-4-28-18-10-9-14(11-19(18)27-3)15(12-21(24)25)22-20(23)13-29-17-8-6-5-7-16(17)26-2/h5-11,15H,4,12-13H2,1-3H3,(H,22,23)(H,24,25)/t15-/m1/s1. The normalized spacial score (nSPS) is 11.3. The Hall–Kier alpha value is -3.42. The Morgan fingerprint density at radius 1 is 0.966 bits per heavy atom. The van der Waals surface area contributed by atoms with E-state index >= 15 is 0 Å². The average molecular weight is 403 g/mol. The van der Waals surface area contributed by atoms with Gasteiger partial charge < -0.3 is 29.4 Å². The van der Waals surface area contributed by atoms with Gasteiger partial charge >= 0.3 is 5.97 Å². The number of carbonyl (C=O) groups excluding carboxylic acids is 1. The van der Waals surface area contributed by atoms with Crippen LogP contribution in [-0.4, -0.2) is 44.4 Å². The molecule has 1 atom stereocenters. The van der Waals surface area contributed by atoms with Crippen LogP contribution in [0.4, 0.5) is 0 Å². The number of carboxylic acid groups (broad SMARTS) is 1. The summed E-state index contributed by atoms with van der Waals surface area (Å²) in [6, 6.07) is 11.2. The molecule has 0 aliphatic rings. The second-order valence-corrected chi connectivity index (χ2v) is 6.00. The van der Waals surface area contributed by atoms with Crippen molar-refractivity contribution in [2.75, 3.05) is 27.4 Å². The molecular weight excluding hydrogens is 378 g/mol. The fourth-order valence-corrected chi connectivity index (χ4v) is 2.72. The highest BCUT2D eigenvalue weighted by atomic mass is 16.5. The summed E-state index contributed by atoms with van der Waals surface area (Å²) in [6.45, 7) is 2.03. The molecule has 0 spiro atoms. The van der Waals surface area contributed by atoms with Crippen molar-refractivity contribution in [2.45, 2.75) is 19.4 Å². The minimum Gasteiger partial charge on any atom is -0.493 e. The van der Waals surface area contributed by atoms with Gasteiger partial charge in [0.2, 0.25) is 0 Å². The third kappa shape index (κ3) is 6.31. The predicted octanol–water partition coefficient (Wildman–Crippen LogP) is 2.81. The van der Waals surface area contributed by atoms with Gasteiger partial charge in [-0.05, 0) is 36.8 Å². The third-order valence-corrected chi connectivity index (χ3v) is 4.03. The van der Waals surface area contributed by atoms with E-state index in [0.717, 1.165) is 0 Å². The van der Waals surface area contributed by atoms with Crippen LogP contribution in [0.2, 0.25) is 0 Å². The number of ether oxygens (including phenoxy) is 4. The van der Waals surface area contributed by atoms with Crippen molar-refractivity contribution in [3.8, 4) is 23.0 Å². The Labute approximate surface area is 169 Å². The Kier molecular flexibility index (Phi) is 8.14. The largest absolute Gasteiger partial charge is 0.493 e. The molecule has 2 aromatic carbocycles. The summed E-state index contributed by atoms with van der Waals surface area (Å²) in [7, 11) is 3.00. The van der Waals surface area contributed by atoms with E-state index in [-0.39, 0.29) is 13.0 Å². The quantitative estimate of drug-likeness (QED) is 0.595. The summed E-state index contributed by atoms with van der Waals surface area (Å²) in [5, 5.41) is 11.9. The van der Waals surface area contributed by atoms with E-state index in [1.165, 1.54) is 14.2 Å². The van der Waals surface area contributed by atoms with Crippen molar-refractivity contribution in [1.29, 1.82) is 0 Å². The van der Waals surface area contributed by atoms with Crippen LogP contribution in [0.25, 0.3) is 0 Å². The van der Waals surface area contributed by atoms with Crippen LogP contribution >= 0.6 is 0 Å². The SMILES string of the molecule is CCOc1ccc([C@@H](CC(=O)O)NC(=O)COc2ccccc2OC)cc1OC. The van der Waals surface area contributed by atoms with Gasteiger partial charge in [-0.1, -0.05) is 18.2 Å². The molecule has 2 aromatic rings. The van der Waals surface area contributed by atoms with Crippen molar-refractivity contribution in [1.82, 2.24) is 5.32 Å². The molecule has 2 rings (SSSR count). The predicted molar refractivity (Wildman–Crippen MR) is 106 cm³/mol. The van der Waals surface area contributed by atoms with Gasteiger partial charge in [-0.3, -0.25) is 9.59 Å². The molecule has 0 radical (unpaired) electrons. The molecule has 0 aromatic heterocycles. The maximum Gasteiger partial charge on any atom is 0.305 e. The zero-order valence-electron chi connectivity index (χ0n) is 16.6. The number of methoxy groups -OCH3 is 2. The van der Waals surface area contributed by atoms with Gasteiger partial charge in [0.05, 0.1) is 33.3 Å². The van der Waals surface area contributed by atoms with E-state index in [1.807, 2.05) is 6.92 Å². The first kappa shape index (κ1) is 21.9. The monoisotopic (exact) mass is 403 g/mol. The molecule has 8 heteroatoms. The van der Waals surface area contributed by atoms with Crippen molar-refractivity contribution >= 4 is 11.9 Å². The average Bonchev–Trinajstić information content (AvgIpc) is 2.72. The van der Waals surface area contributed by atoms with E-state index in [1.54, 1.807) is 42.5 Å². The number of hydrogen-bond acceptors (Lipinski definition) is 6. The summed E-state index contributed by atoms with van der Waals surface area (Å²) in [5.74, 6) is 0.406. The van der Waals surface area contributed by atoms with Gasteiger partial charge in [-0.25, -0.2) is 0 Å². The molecule has 0 bridgehead atoms. The lowest BCUT2D eigenvalue weighted by molar-refractivity contribution is -0.137. The van der Waals surface area contributed by atoms with Crippen LogP contribution in [0.15, 0.2) is 42.5 Å². The maximum absolute atomic E-state index is 12.4. The number of nitrogens with one attached hydrogen (secondary N) is 1. The van der Waals surface area contributed by atoms with Crippen LogP contribution in [-0.2, 0) is 9.59 Å². The fraction of sp³-hybridized carbons (Fsp3) is 0.333. The highest BCUT2D eigenvalue weighted by Gasteiger charge is 2.20. The number of aliphatic carboxylic acids is 1. The smallest absolute Gasteiger partial charge is 0.305 e. The summed E-state index contributed by atoms with van der Waals surface area (Å²) in [6.07, 6.45) is -0.294. The van der Waals surface area contributed by atoms with Crippen molar-refractivity contribution in [2.24, 2.45) is 0 Å². The number of carboxylic acids is 1. The molecule has 0 aliphatic heterocycles. The molecule has 0 heterocycles. The van der Waals surface area contributed by atoms with Crippen LogP contribution in [0, 0.1) is 0 Å². The first-order valence-corrected chi connectivity index (χ1v) is 9.06. The topological polar surface area (TPSA) is 103 Å². The van der Waals surface area contributed by atoms with E-state index in [0.29, 0.717) is 35.2 Å². The molecule has 0 unspecified atom stereocenters. The van der Waals surface area contributed by atoms with E-state index in [9.17, 15) is 14.7 Å². The minimum absolute atomic E-state index is 0.287. The molecule has 8 nitrogen and oxygen atoms in total. The molecular formula is C21H25NO7. The Morgan fingerprint density at radius 3 is 2.24 bits per heavy atom. The lowest BCUT2D eigenvalue weighted by Crippen LogP contribution is -2.34. The molecule has 0 saturated heterocycles. The highest BCUT2D eigenvalue weighted by molar-refractivity contribution is 5.79. The number of carbonyl (C=O) groups is 2. The van der Waals surface area contributed by atoms with Crippen LogP contribution in [0.3, 0.4) is 0 Å². The van der Waals surface area contributed by atoms with Crippen molar-refractivity contribution in [3.63, 3.8) is 0 Å². The van der Waals surface area contributed by atoms with E-state index in [2.05, 4.69) is 5.32 Å². The zero-order chi connectivity index (χ0) is 21.2. The number of para-hydroxylation sites is 2. The molecule has 156 valence electrons. The second-order valence-electron chi connectivity index (χ2n) is 6.00. The number of amides is 1. The number of benzene rings is 2. The summed E-state index contributed by atoms with van der Waals surface area (Å²) >= 11 is 0. The minimum atomic E-state index is -1.05. The van der Waals surface area contributed by atoms with Crippen molar-refractivity contribution in [3.05, 3.63) is 48.0 Å². The van der Waals surface area contributed by atoms with Gasteiger partial charge in [-0.15, -0.1) is 0 Å². The molecule has 1 amide bonds. The summed E-state index contributed by atoms with van der Waals surface area (Å²) in [5.41, 5.74) is 0.582. The van der Waals surface area contributed by atoms with E-state index < -0.39 is 17.9 Å². The zero-order valence-corrected chi connectivity index (χ0v) is 16.6.